The maximum Gasteiger partial charge on any atom is 0.126 e. The molecule has 1 unspecified atom stereocenters. The van der Waals surface area contributed by atoms with E-state index in [1.165, 1.54) is 6.07 Å². The second-order valence-corrected chi connectivity index (χ2v) is 5.73. The fourth-order valence-corrected chi connectivity index (χ4v) is 2.17. The van der Waals surface area contributed by atoms with Gasteiger partial charge in [-0.2, -0.15) is 0 Å². The standard InChI is InChI=1S/C17H28FNO/c1-4-19-12-15(9-10-20-13-14(2)3)11-16-7-5-6-8-17(16)18/h5-8,14-15,19H,4,9-13H2,1-3H3. The van der Waals surface area contributed by atoms with Gasteiger partial charge in [0.1, 0.15) is 5.82 Å². The summed E-state index contributed by atoms with van der Waals surface area (Å²) in [5, 5.41) is 3.36. The quantitative estimate of drug-likeness (QED) is 0.661. The molecule has 0 radical (unpaired) electrons. The molecule has 0 aliphatic carbocycles. The predicted molar refractivity (Wildman–Crippen MR) is 82.4 cm³/mol. The van der Waals surface area contributed by atoms with Crippen molar-refractivity contribution in [2.75, 3.05) is 26.3 Å². The molecular weight excluding hydrogens is 253 g/mol. The summed E-state index contributed by atoms with van der Waals surface area (Å²) in [4.78, 5) is 0. The van der Waals surface area contributed by atoms with E-state index in [4.69, 9.17) is 4.74 Å². The number of halogens is 1. The van der Waals surface area contributed by atoms with E-state index in [1.807, 2.05) is 12.1 Å². The summed E-state index contributed by atoms with van der Waals surface area (Å²) in [6.07, 6.45) is 1.73. The fraction of sp³-hybridized carbons (Fsp3) is 0.647. The van der Waals surface area contributed by atoms with Gasteiger partial charge in [0.25, 0.3) is 0 Å². The van der Waals surface area contributed by atoms with Crippen molar-refractivity contribution in [2.45, 2.75) is 33.6 Å². The van der Waals surface area contributed by atoms with E-state index in [0.29, 0.717) is 11.8 Å². The SMILES string of the molecule is CCNCC(CCOCC(C)C)Cc1ccccc1F. The van der Waals surface area contributed by atoms with Gasteiger partial charge in [0.2, 0.25) is 0 Å². The van der Waals surface area contributed by atoms with E-state index in [-0.39, 0.29) is 5.82 Å². The molecule has 2 nitrogen and oxygen atoms in total. The highest BCUT2D eigenvalue weighted by atomic mass is 19.1. The molecule has 1 rings (SSSR count). The second-order valence-electron chi connectivity index (χ2n) is 5.73. The number of hydrogen-bond donors (Lipinski definition) is 1. The van der Waals surface area contributed by atoms with Crippen LogP contribution >= 0.6 is 0 Å². The molecule has 0 saturated heterocycles. The van der Waals surface area contributed by atoms with Crippen molar-refractivity contribution in [3.63, 3.8) is 0 Å². The maximum atomic E-state index is 13.7. The third-order valence-electron chi connectivity index (χ3n) is 3.27. The summed E-state index contributed by atoms with van der Waals surface area (Å²) in [5.74, 6) is 0.880. The topological polar surface area (TPSA) is 21.3 Å². The highest BCUT2D eigenvalue weighted by molar-refractivity contribution is 5.17. The van der Waals surface area contributed by atoms with Gasteiger partial charge in [-0.05, 0) is 49.4 Å². The number of rotatable bonds is 10. The van der Waals surface area contributed by atoms with Gasteiger partial charge in [-0.3, -0.25) is 0 Å². The van der Waals surface area contributed by atoms with Crippen molar-refractivity contribution >= 4 is 0 Å². The first-order chi connectivity index (χ1) is 9.63. The van der Waals surface area contributed by atoms with Crippen molar-refractivity contribution < 1.29 is 9.13 Å². The first-order valence-electron chi connectivity index (χ1n) is 7.65. The third-order valence-corrected chi connectivity index (χ3v) is 3.27. The lowest BCUT2D eigenvalue weighted by atomic mass is 9.96. The van der Waals surface area contributed by atoms with E-state index in [1.54, 1.807) is 6.07 Å². The predicted octanol–water partition coefficient (Wildman–Crippen LogP) is 3.66. The molecule has 0 fully saturated rings. The molecule has 0 aliphatic heterocycles. The van der Waals surface area contributed by atoms with Crippen LogP contribution in [0.1, 0.15) is 32.8 Å². The van der Waals surface area contributed by atoms with Gasteiger partial charge in [0.05, 0.1) is 0 Å². The first kappa shape index (κ1) is 17.1. The molecule has 1 atom stereocenters. The lowest BCUT2D eigenvalue weighted by Crippen LogP contribution is -2.25. The molecule has 0 heterocycles. The Labute approximate surface area is 122 Å². The Balaban J connectivity index is 2.45. The summed E-state index contributed by atoms with van der Waals surface area (Å²) < 4.78 is 19.4. The summed E-state index contributed by atoms with van der Waals surface area (Å²) in [6, 6.07) is 7.06. The molecule has 1 aromatic carbocycles. The Kier molecular flexibility index (Phi) is 8.47. The molecule has 1 aromatic rings. The highest BCUT2D eigenvalue weighted by Gasteiger charge is 2.12. The summed E-state index contributed by atoms with van der Waals surface area (Å²) >= 11 is 0. The summed E-state index contributed by atoms with van der Waals surface area (Å²) in [6.45, 7) is 9.80. The normalized spacial score (nSPS) is 12.8. The molecule has 0 saturated carbocycles. The van der Waals surface area contributed by atoms with Crippen LogP contribution < -0.4 is 5.32 Å². The van der Waals surface area contributed by atoms with Crippen molar-refractivity contribution in [2.24, 2.45) is 11.8 Å². The van der Waals surface area contributed by atoms with Crippen molar-refractivity contribution in [1.29, 1.82) is 0 Å². The number of hydrogen-bond acceptors (Lipinski definition) is 2. The number of benzene rings is 1. The smallest absolute Gasteiger partial charge is 0.126 e. The average molecular weight is 281 g/mol. The molecule has 114 valence electrons. The van der Waals surface area contributed by atoms with Gasteiger partial charge in [0.15, 0.2) is 0 Å². The lowest BCUT2D eigenvalue weighted by molar-refractivity contribution is 0.0975. The number of nitrogens with one attached hydrogen (secondary N) is 1. The Morgan fingerprint density at radius 2 is 2.00 bits per heavy atom. The zero-order chi connectivity index (χ0) is 14.8. The summed E-state index contributed by atoms with van der Waals surface area (Å²) in [5.41, 5.74) is 0.805. The fourth-order valence-electron chi connectivity index (χ4n) is 2.17. The van der Waals surface area contributed by atoms with Gasteiger partial charge in [-0.25, -0.2) is 4.39 Å². The van der Waals surface area contributed by atoms with E-state index in [9.17, 15) is 4.39 Å². The molecule has 0 spiro atoms. The van der Waals surface area contributed by atoms with Gasteiger partial charge in [0, 0.05) is 13.2 Å². The minimum Gasteiger partial charge on any atom is -0.381 e. The lowest BCUT2D eigenvalue weighted by Gasteiger charge is -2.18. The summed E-state index contributed by atoms with van der Waals surface area (Å²) in [7, 11) is 0. The molecule has 20 heavy (non-hydrogen) atoms. The van der Waals surface area contributed by atoms with Crippen LogP contribution in [0.4, 0.5) is 4.39 Å². The van der Waals surface area contributed by atoms with Gasteiger partial charge in [-0.15, -0.1) is 0 Å². The third kappa shape index (κ3) is 7.01. The van der Waals surface area contributed by atoms with Crippen LogP contribution in [0.2, 0.25) is 0 Å². The minimum atomic E-state index is -0.0999. The average Bonchev–Trinajstić information content (AvgIpc) is 2.42. The Morgan fingerprint density at radius 3 is 2.65 bits per heavy atom. The minimum absolute atomic E-state index is 0.0999. The van der Waals surface area contributed by atoms with Crippen molar-refractivity contribution in [1.82, 2.24) is 5.32 Å². The second kappa shape index (κ2) is 9.89. The van der Waals surface area contributed by atoms with E-state index < -0.39 is 0 Å². The molecule has 0 bridgehead atoms. The van der Waals surface area contributed by atoms with Crippen molar-refractivity contribution in [3.8, 4) is 0 Å². The van der Waals surface area contributed by atoms with Crippen LogP contribution in [-0.4, -0.2) is 26.3 Å². The van der Waals surface area contributed by atoms with Crippen molar-refractivity contribution in [3.05, 3.63) is 35.6 Å². The molecule has 0 aromatic heterocycles. The van der Waals surface area contributed by atoms with E-state index >= 15 is 0 Å². The molecule has 0 aliphatic rings. The highest BCUT2D eigenvalue weighted by Crippen LogP contribution is 2.15. The zero-order valence-electron chi connectivity index (χ0n) is 13.0. The van der Waals surface area contributed by atoms with Crippen LogP contribution in [-0.2, 0) is 11.2 Å². The molecule has 1 N–H and O–H groups in total. The molecular formula is C17H28FNO. The van der Waals surface area contributed by atoms with Crippen LogP contribution in [0.15, 0.2) is 24.3 Å². The Morgan fingerprint density at radius 1 is 1.25 bits per heavy atom. The van der Waals surface area contributed by atoms with Crippen LogP contribution in [0.25, 0.3) is 0 Å². The Hall–Kier alpha value is -0.930. The van der Waals surface area contributed by atoms with E-state index in [0.717, 1.165) is 44.7 Å². The maximum absolute atomic E-state index is 13.7. The number of ether oxygens (including phenoxy) is 1. The van der Waals surface area contributed by atoms with Gasteiger partial charge < -0.3 is 10.1 Å². The van der Waals surface area contributed by atoms with Crippen LogP contribution in [0.3, 0.4) is 0 Å². The molecule has 0 amide bonds. The van der Waals surface area contributed by atoms with Crippen LogP contribution in [0.5, 0.6) is 0 Å². The molecule has 3 heteroatoms. The van der Waals surface area contributed by atoms with Gasteiger partial charge >= 0.3 is 0 Å². The first-order valence-corrected chi connectivity index (χ1v) is 7.65. The monoisotopic (exact) mass is 281 g/mol. The largest absolute Gasteiger partial charge is 0.381 e. The Bertz CT molecular complexity index is 368. The van der Waals surface area contributed by atoms with E-state index in [2.05, 4.69) is 26.1 Å². The van der Waals surface area contributed by atoms with Crippen LogP contribution in [0, 0.1) is 17.7 Å². The van der Waals surface area contributed by atoms with Gasteiger partial charge in [-0.1, -0.05) is 39.0 Å². The zero-order valence-corrected chi connectivity index (χ0v) is 13.0.